The lowest BCUT2D eigenvalue weighted by molar-refractivity contribution is 0.112. The van der Waals surface area contributed by atoms with Crippen molar-refractivity contribution in [3.05, 3.63) is 59.2 Å². The second kappa shape index (κ2) is 5.50. The zero-order chi connectivity index (χ0) is 13.0. The second-order valence-electron chi connectivity index (χ2n) is 4.21. The summed E-state index contributed by atoms with van der Waals surface area (Å²) in [5, 5.41) is 0. The first-order valence-corrected chi connectivity index (χ1v) is 6.06. The van der Waals surface area contributed by atoms with E-state index in [1.54, 1.807) is 12.1 Å². The molecule has 2 heteroatoms. The van der Waals surface area contributed by atoms with Crippen molar-refractivity contribution in [1.29, 1.82) is 0 Å². The van der Waals surface area contributed by atoms with E-state index in [2.05, 4.69) is 6.92 Å². The van der Waals surface area contributed by atoms with Crippen molar-refractivity contribution in [2.24, 2.45) is 0 Å². The van der Waals surface area contributed by atoms with Crippen molar-refractivity contribution in [2.45, 2.75) is 20.3 Å². The Kier molecular flexibility index (Phi) is 3.78. The fourth-order valence-corrected chi connectivity index (χ4v) is 1.81. The normalized spacial score (nSPS) is 10.1. The van der Waals surface area contributed by atoms with Crippen LogP contribution in [0.5, 0.6) is 11.5 Å². The van der Waals surface area contributed by atoms with Gasteiger partial charge in [-0.1, -0.05) is 37.3 Å². The SMILES string of the molecule is CCc1ccccc1Oc1cc(C=O)ccc1C. The lowest BCUT2D eigenvalue weighted by Gasteiger charge is -2.12. The number of ether oxygens (including phenoxy) is 1. The number of benzene rings is 2. The summed E-state index contributed by atoms with van der Waals surface area (Å²) in [5.74, 6) is 1.59. The number of carbonyl (C=O) groups excluding carboxylic acids is 1. The molecule has 0 amide bonds. The molecule has 0 bridgehead atoms. The minimum atomic E-state index is 0.629. The molecule has 0 unspecified atom stereocenters. The number of aldehydes is 1. The van der Waals surface area contributed by atoms with E-state index in [-0.39, 0.29) is 0 Å². The van der Waals surface area contributed by atoms with Gasteiger partial charge < -0.3 is 4.74 Å². The van der Waals surface area contributed by atoms with Gasteiger partial charge in [-0.25, -0.2) is 0 Å². The summed E-state index contributed by atoms with van der Waals surface area (Å²) in [6.07, 6.45) is 1.75. The molecule has 0 saturated heterocycles. The minimum absolute atomic E-state index is 0.629. The first-order chi connectivity index (χ1) is 8.74. The molecule has 2 nitrogen and oxygen atoms in total. The van der Waals surface area contributed by atoms with Gasteiger partial charge in [-0.3, -0.25) is 4.79 Å². The Hall–Kier alpha value is -2.09. The summed E-state index contributed by atoms with van der Waals surface area (Å²) >= 11 is 0. The maximum Gasteiger partial charge on any atom is 0.150 e. The molecular formula is C16H16O2. The van der Waals surface area contributed by atoms with Gasteiger partial charge in [0.2, 0.25) is 0 Å². The maximum absolute atomic E-state index is 10.8. The smallest absolute Gasteiger partial charge is 0.150 e. The van der Waals surface area contributed by atoms with Crippen LogP contribution in [0.25, 0.3) is 0 Å². The van der Waals surface area contributed by atoms with Crippen LogP contribution in [-0.4, -0.2) is 6.29 Å². The Morgan fingerprint density at radius 1 is 1.11 bits per heavy atom. The Labute approximate surface area is 107 Å². The van der Waals surface area contributed by atoms with Crippen molar-refractivity contribution < 1.29 is 9.53 Å². The molecule has 0 heterocycles. The second-order valence-corrected chi connectivity index (χ2v) is 4.21. The highest BCUT2D eigenvalue weighted by Gasteiger charge is 2.06. The van der Waals surface area contributed by atoms with Crippen molar-refractivity contribution in [1.82, 2.24) is 0 Å². The predicted octanol–water partition coefficient (Wildman–Crippen LogP) is 4.16. The molecule has 0 aliphatic carbocycles. The summed E-state index contributed by atoms with van der Waals surface area (Å²) in [6, 6.07) is 13.4. The molecule has 0 aromatic heterocycles. The molecule has 2 rings (SSSR count). The van der Waals surface area contributed by atoms with Gasteiger partial charge >= 0.3 is 0 Å². The van der Waals surface area contributed by atoms with Crippen LogP contribution < -0.4 is 4.74 Å². The summed E-state index contributed by atoms with van der Waals surface area (Å²) in [4.78, 5) is 10.8. The standard InChI is InChI=1S/C16H16O2/c1-3-14-6-4-5-7-15(14)18-16-10-13(11-17)9-8-12(16)2/h4-11H,3H2,1-2H3. The Balaban J connectivity index is 2.36. The number of hydrogen-bond acceptors (Lipinski definition) is 2. The third-order valence-corrected chi connectivity index (χ3v) is 2.92. The molecule has 0 N–H and O–H groups in total. The predicted molar refractivity (Wildman–Crippen MR) is 72.5 cm³/mol. The molecule has 0 aliphatic heterocycles. The largest absolute Gasteiger partial charge is 0.457 e. The zero-order valence-electron chi connectivity index (χ0n) is 10.6. The van der Waals surface area contributed by atoms with E-state index >= 15 is 0 Å². The molecule has 18 heavy (non-hydrogen) atoms. The van der Waals surface area contributed by atoms with Crippen LogP contribution in [0, 0.1) is 6.92 Å². The highest BCUT2D eigenvalue weighted by Crippen LogP contribution is 2.28. The lowest BCUT2D eigenvalue weighted by atomic mass is 10.1. The first-order valence-electron chi connectivity index (χ1n) is 6.06. The molecule has 0 aliphatic rings. The molecule has 92 valence electrons. The quantitative estimate of drug-likeness (QED) is 0.750. The Morgan fingerprint density at radius 3 is 2.61 bits per heavy atom. The molecule has 0 atom stereocenters. The monoisotopic (exact) mass is 240 g/mol. The number of hydrogen-bond donors (Lipinski definition) is 0. The van der Waals surface area contributed by atoms with Crippen molar-refractivity contribution in [2.75, 3.05) is 0 Å². The van der Waals surface area contributed by atoms with Gasteiger partial charge in [-0.05, 0) is 36.6 Å². The van der Waals surface area contributed by atoms with E-state index in [1.165, 1.54) is 0 Å². The molecule has 0 saturated carbocycles. The third kappa shape index (κ3) is 2.59. The van der Waals surface area contributed by atoms with E-state index in [1.807, 2.05) is 37.3 Å². The van der Waals surface area contributed by atoms with Gasteiger partial charge in [-0.15, -0.1) is 0 Å². The van der Waals surface area contributed by atoms with Crippen LogP contribution >= 0.6 is 0 Å². The van der Waals surface area contributed by atoms with Crippen molar-refractivity contribution in [3.63, 3.8) is 0 Å². The van der Waals surface area contributed by atoms with Gasteiger partial charge in [0.25, 0.3) is 0 Å². The van der Waals surface area contributed by atoms with Crippen LogP contribution in [0.3, 0.4) is 0 Å². The number of aryl methyl sites for hydroxylation is 2. The third-order valence-electron chi connectivity index (χ3n) is 2.92. The summed E-state index contributed by atoms with van der Waals surface area (Å²) in [7, 11) is 0. The Morgan fingerprint density at radius 2 is 1.89 bits per heavy atom. The highest BCUT2D eigenvalue weighted by molar-refractivity contribution is 5.76. The van der Waals surface area contributed by atoms with E-state index < -0.39 is 0 Å². The van der Waals surface area contributed by atoms with Gasteiger partial charge in [0.05, 0.1) is 0 Å². The molecule has 0 fully saturated rings. The van der Waals surface area contributed by atoms with Crippen LogP contribution in [-0.2, 0) is 6.42 Å². The molecule has 0 radical (unpaired) electrons. The summed E-state index contributed by atoms with van der Waals surface area (Å²) in [5.41, 5.74) is 2.81. The first kappa shape index (κ1) is 12.4. The average Bonchev–Trinajstić information content (AvgIpc) is 2.42. The number of para-hydroxylation sites is 1. The van der Waals surface area contributed by atoms with Crippen LogP contribution in [0.4, 0.5) is 0 Å². The van der Waals surface area contributed by atoms with Crippen molar-refractivity contribution >= 4 is 6.29 Å². The van der Waals surface area contributed by atoms with Gasteiger partial charge in [0.15, 0.2) is 0 Å². The topological polar surface area (TPSA) is 26.3 Å². The fraction of sp³-hybridized carbons (Fsp3) is 0.188. The van der Waals surface area contributed by atoms with Crippen LogP contribution in [0.15, 0.2) is 42.5 Å². The van der Waals surface area contributed by atoms with Gasteiger partial charge in [0.1, 0.15) is 17.8 Å². The van der Waals surface area contributed by atoms with Gasteiger partial charge in [-0.2, -0.15) is 0 Å². The molecule has 2 aromatic rings. The number of carbonyl (C=O) groups is 1. The van der Waals surface area contributed by atoms with Crippen molar-refractivity contribution in [3.8, 4) is 11.5 Å². The van der Waals surface area contributed by atoms with E-state index in [0.717, 1.165) is 35.3 Å². The lowest BCUT2D eigenvalue weighted by Crippen LogP contribution is -1.93. The van der Waals surface area contributed by atoms with E-state index in [9.17, 15) is 4.79 Å². The van der Waals surface area contributed by atoms with E-state index in [0.29, 0.717) is 5.56 Å². The zero-order valence-corrected chi connectivity index (χ0v) is 10.6. The van der Waals surface area contributed by atoms with E-state index in [4.69, 9.17) is 4.74 Å². The van der Waals surface area contributed by atoms with Crippen LogP contribution in [0.2, 0.25) is 0 Å². The molecular weight excluding hydrogens is 224 g/mol. The highest BCUT2D eigenvalue weighted by atomic mass is 16.5. The average molecular weight is 240 g/mol. The Bertz CT molecular complexity index is 559. The van der Waals surface area contributed by atoms with Gasteiger partial charge in [0, 0.05) is 5.56 Å². The minimum Gasteiger partial charge on any atom is -0.457 e. The van der Waals surface area contributed by atoms with Crippen LogP contribution in [0.1, 0.15) is 28.4 Å². The number of rotatable bonds is 4. The summed E-state index contributed by atoms with van der Waals surface area (Å²) in [6.45, 7) is 4.06. The molecule has 0 spiro atoms. The fourth-order valence-electron chi connectivity index (χ4n) is 1.81. The molecule has 2 aromatic carbocycles. The summed E-state index contributed by atoms with van der Waals surface area (Å²) < 4.78 is 5.91. The maximum atomic E-state index is 10.8.